The largest absolute Gasteiger partial charge is 0.542 e. The highest BCUT2D eigenvalue weighted by molar-refractivity contribution is 9.08. The van der Waals surface area contributed by atoms with Crippen LogP contribution in [0.2, 0.25) is 28.2 Å². The first kappa shape index (κ1) is 16.4. The summed E-state index contributed by atoms with van der Waals surface area (Å²) in [4.78, 5) is 0. The van der Waals surface area contributed by atoms with E-state index in [0.717, 1.165) is 10.9 Å². The number of alkyl halides is 1. The lowest BCUT2D eigenvalue weighted by molar-refractivity contribution is 0.492. The van der Waals surface area contributed by atoms with Gasteiger partial charge in [-0.1, -0.05) is 59.9 Å². The maximum Gasteiger partial charge on any atom is 0.250 e. The fourth-order valence-corrected chi connectivity index (χ4v) is 3.29. The average molecular weight is 370 g/mol. The minimum Gasteiger partial charge on any atom is -0.542 e. The normalized spacial score (nSPS) is 12.7. The molecule has 1 aromatic rings. The van der Waals surface area contributed by atoms with Crippen molar-refractivity contribution in [3.8, 4) is 5.75 Å². The number of benzene rings is 1. The standard InChI is InChI=1S/C13H19BrCl2OSi/c1-13(2,3)18(4,5)17-12-10(15)6-9(8-14)7-11(12)16/h6-7H,8H2,1-5H3. The molecule has 0 bridgehead atoms. The van der Waals surface area contributed by atoms with Crippen molar-refractivity contribution >= 4 is 47.4 Å². The third-order valence-corrected chi connectivity index (χ3v) is 8.91. The van der Waals surface area contributed by atoms with E-state index in [-0.39, 0.29) is 5.04 Å². The molecule has 5 heteroatoms. The smallest absolute Gasteiger partial charge is 0.250 e. The zero-order valence-corrected chi connectivity index (χ0v) is 15.5. The molecular weight excluding hydrogens is 351 g/mol. The molecule has 0 aliphatic heterocycles. The van der Waals surface area contributed by atoms with Crippen LogP contribution in [-0.4, -0.2) is 8.32 Å². The van der Waals surface area contributed by atoms with Crippen molar-refractivity contribution in [1.82, 2.24) is 0 Å². The highest BCUT2D eigenvalue weighted by Crippen LogP contribution is 2.42. The van der Waals surface area contributed by atoms with Crippen LogP contribution in [0.5, 0.6) is 5.75 Å². The van der Waals surface area contributed by atoms with Crippen molar-refractivity contribution in [2.75, 3.05) is 0 Å². The van der Waals surface area contributed by atoms with E-state index in [4.69, 9.17) is 27.6 Å². The van der Waals surface area contributed by atoms with Gasteiger partial charge in [0.25, 0.3) is 8.32 Å². The number of hydrogen-bond acceptors (Lipinski definition) is 1. The summed E-state index contributed by atoms with van der Waals surface area (Å²) in [5, 5.41) is 2.02. The van der Waals surface area contributed by atoms with Gasteiger partial charge in [0.2, 0.25) is 0 Å². The van der Waals surface area contributed by atoms with Crippen LogP contribution in [0, 0.1) is 0 Å². The highest BCUT2D eigenvalue weighted by Gasteiger charge is 2.39. The molecule has 18 heavy (non-hydrogen) atoms. The maximum absolute atomic E-state index is 6.26. The SMILES string of the molecule is CC(C)(C)[Si](C)(C)Oc1c(Cl)cc(CBr)cc1Cl. The molecule has 0 saturated heterocycles. The van der Waals surface area contributed by atoms with E-state index in [9.17, 15) is 0 Å². The molecule has 0 heterocycles. The topological polar surface area (TPSA) is 9.23 Å². The molecule has 0 aliphatic carbocycles. The van der Waals surface area contributed by atoms with E-state index >= 15 is 0 Å². The predicted molar refractivity (Wildman–Crippen MR) is 86.9 cm³/mol. The lowest BCUT2D eigenvalue weighted by Crippen LogP contribution is -2.44. The molecule has 0 unspecified atom stereocenters. The molecule has 0 spiro atoms. The van der Waals surface area contributed by atoms with E-state index < -0.39 is 8.32 Å². The third-order valence-electron chi connectivity index (χ3n) is 3.38. The molecule has 0 N–H and O–H groups in total. The Morgan fingerprint density at radius 2 is 1.61 bits per heavy atom. The van der Waals surface area contributed by atoms with E-state index in [1.54, 1.807) is 0 Å². The van der Waals surface area contributed by atoms with Crippen molar-refractivity contribution in [3.63, 3.8) is 0 Å². The summed E-state index contributed by atoms with van der Waals surface area (Å²) < 4.78 is 6.19. The van der Waals surface area contributed by atoms with Gasteiger partial charge in [-0.05, 0) is 35.8 Å². The van der Waals surface area contributed by atoms with Crippen LogP contribution >= 0.6 is 39.1 Å². The van der Waals surface area contributed by atoms with Gasteiger partial charge < -0.3 is 4.43 Å². The Kier molecular flexibility index (Phi) is 5.21. The summed E-state index contributed by atoms with van der Waals surface area (Å²) in [6, 6.07) is 3.79. The van der Waals surface area contributed by atoms with Gasteiger partial charge in [-0.25, -0.2) is 0 Å². The first-order chi connectivity index (χ1) is 8.08. The van der Waals surface area contributed by atoms with Gasteiger partial charge in [0.15, 0.2) is 0 Å². The van der Waals surface area contributed by atoms with Crippen LogP contribution in [0.25, 0.3) is 0 Å². The summed E-state index contributed by atoms with van der Waals surface area (Å²) in [6.07, 6.45) is 0. The number of halogens is 3. The number of hydrogen-bond donors (Lipinski definition) is 0. The van der Waals surface area contributed by atoms with Gasteiger partial charge in [-0.3, -0.25) is 0 Å². The van der Waals surface area contributed by atoms with Crippen molar-refractivity contribution < 1.29 is 4.43 Å². The third kappa shape index (κ3) is 3.66. The van der Waals surface area contributed by atoms with Crippen LogP contribution in [0.3, 0.4) is 0 Å². The summed E-state index contributed by atoms with van der Waals surface area (Å²) in [7, 11) is -1.92. The monoisotopic (exact) mass is 368 g/mol. The summed E-state index contributed by atoms with van der Waals surface area (Å²) in [5.74, 6) is 0.620. The Balaban J connectivity index is 3.13. The lowest BCUT2D eigenvalue weighted by atomic mass is 10.2. The highest BCUT2D eigenvalue weighted by atomic mass is 79.9. The molecular formula is C13H19BrCl2OSi. The molecule has 0 radical (unpaired) electrons. The molecule has 0 fully saturated rings. The van der Waals surface area contributed by atoms with E-state index in [0.29, 0.717) is 15.8 Å². The van der Waals surface area contributed by atoms with Crippen LogP contribution in [0.4, 0.5) is 0 Å². The second-order valence-electron chi connectivity index (χ2n) is 5.88. The van der Waals surface area contributed by atoms with Gasteiger partial charge >= 0.3 is 0 Å². The van der Waals surface area contributed by atoms with Gasteiger partial charge in [-0.2, -0.15) is 0 Å². The van der Waals surface area contributed by atoms with Crippen LogP contribution in [0.1, 0.15) is 26.3 Å². The summed E-state index contributed by atoms with van der Waals surface area (Å²) in [6.45, 7) is 10.9. The van der Waals surface area contributed by atoms with Gasteiger partial charge in [0.1, 0.15) is 5.75 Å². The molecule has 1 rings (SSSR count). The first-order valence-electron chi connectivity index (χ1n) is 5.81. The van der Waals surface area contributed by atoms with Crippen molar-refractivity contribution in [2.45, 2.75) is 44.2 Å². The predicted octanol–water partition coefficient (Wildman–Crippen LogP) is 6.27. The molecule has 0 aromatic heterocycles. The van der Waals surface area contributed by atoms with E-state index in [2.05, 4.69) is 49.8 Å². The van der Waals surface area contributed by atoms with Crippen LogP contribution < -0.4 is 4.43 Å². The zero-order chi connectivity index (χ0) is 14.1. The Morgan fingerprint density at radius 1 is 1.17 bits per heavy atom. The minimum atomic E-state index is -1.92. The Hall–Kier alpha value is 0.297. The molecule has 0 amide bonds. The van der Waals surface area contributed by atoms with Gasteiger partial charge in [0, 0.05) is 5.33 Å². The van der Waals surface area contributed by atoms with Crippen molar-refractivity contribution in [2.24, 2.45) is 0 Å². The minimum absolute atomic E-state index is 0.119. The maximum atomic E-state index is 6.26. The average Bonchev–Trinajstić information content (AvgIpc) is 2.21. The van der Waals surface area contributed by atoms with E-state index in [1.165, 1.54) is 0 Å². The molecule has 1 nitrogen and oxygen atoms in total. The van der Waals surface area contributed by atoms with Crippen LogP contribution in [0.15, 0.2) is 12.1 Å². The molecule has 0 saturated carbocycles. The Labute approximate surface area is 129 Å². The van der Waals surface area contributed by atoms with Crippen LogP contribution in [-0.2, 0) is 5.33 Å². The van der Waals surface area contributed by atoms with Crippen molar-refractivity contribution in [3.05, 3.63) is 27.7 Å². The van der Waals surface area contributed by atoms with Gasteiger partial charge in [-0.15, -0.1) is 0 Å². The summed E-state index contributed by atoms with van der Waals surface area (Å²) in [5.41, 5.74) is 1.05. The first-order valence-corrected chi connectivity index (χ1v) is 10.6. The van der Waals surface area contributed by atoms with Crippen molar-refractivity contribution in [1.29, 1.82) is 0 Å². The Morgan fingerprint density at radius 3 is 1.94 bits per heavy atom. The quantitative estimate of drug-likeness (QED) is 0.450. The lowest BCUT2D eigenvalue weighted by Gasteiger charge is -2.37. The fraction of sp³-hybridized carbons (Fsp3) is 0.538. The molecule has 102 valence electrons. The molecule has 0 atom stereocenters. The zero-order valence-electron chi connectivity index (χ0n) is 11.4. The Bertz CT molecular complexity index is 418. The molecule has 0 aliphatic rings. The summed E-state index contributed by atoms with van der Waals surface area (Å²) >= 11 is 15.9. The van der Waals surface area contributed by atoms with E-state index in [1.807, 2.05) is 12.1 Å². The second-order valence-corrected chi connectivity index (χ2v) is 12.0. The second kappa shape index (κ2) is 5.74. The number of rotatable bonds is 3. The molecule has 1 aromatic carbocycles. The fourth-order valence-electron chi connectivity index (χ4n) is 1.20. The van der Waals surface area contributed by atoms with Gasteiger partial charge in [0.05, 0.1) is 10.0 Å².